The second-order valence-electron chi connectivity index (χ2n) is 10.7. The zero-order valence-corrected chi connectivity index (χ0v) is 25.8. The van der Waals surface area contributed by atoms with Crippen LogP contribution in [0.2, 0.25) is 0 Å². The highest BCUT2D eigenvalue weighted by molar-refractivity contribution is 7.91. The van der Waals surface area contributed by atoms with Gasteiger partial charge in [0.2, 0.25) is 5.88 Å². The van der Waals surface area contributed by atoms with E-state index >= 15 is 0 Å². The van der Waals surface area contributed by atoms with Gasteiger partial charge in [-0.3, -0.25) is 15.1 Å². The lowest BCUT2D eigenvalue weighted by Crippen LogP contribution is -2.43. The number of carbonyl (C=O) groups excluding carboxylic acids is 1. The van der Waals surface area contributed by atoms with Crippen LogP contribution in [0, 0.1) is 0 Å². The maximum absolute atomic E-state index is 13.5. The third kappa shape index (κ3) is 8.00. The first kappa shape index (κ1) is 30.8. The van der Waals surface area contributed by atoms with E-state index in [1.165, 1.54) is 23.5 Å². The molecular formula is C28H38N6O5S2. The molecule has 0 radical (unpaired) electrons. The summed E-state index contributed by atoms with van der Waals surface area (Å²) in [6.07, 6.45) is 2.40. The third-order valence-corrected chi connectivity index (χ3v) is 9.72. The molecule has 2 aromatic heterocycles. The zero-order chi connectivity index (χ0) is 29.6. The average Bonchev–Trinajstić information content (AvgIpc) is 3.59. The lowest BCUT2D eigenvalue weighted by molar-refractivity contribution is -0.110. The summed E-state index contributed by atoms with van der Waals surface area (Å²) in [4.78, 5) is 25.5. The maximum atomic E-state index is 13.5. The van der Waals surface area contributed by atoms with E-state index in [0.29, 0.717) is 46.6 Å². The molecule has 3 aromatic rings. The number of hydrazone groups is 1. The Morgan fingerprint density at radius 2 is 1.83 bits per heavy atom. The summed E-state index contributed by atoms with van der Waals surface area (Å²) in [5.41, 5.74) is 1.19. The van der Waals surface area contributed by atoms with Gasteiger partial charge in [0.25, 0.3) is 5.91 Å². The van der Waals surface area contributed by atoms with Crippen LogP contribution in [0.3, 0.4) is 0 Å². The summed E-state index contributed by atoms with van der Waals surface area (Å²) in [5, 5.41) is 9.75. The van der Waals surface area contributed by atoms with Crippen molar-refractivity contribution in [2.75, 3.05) is 58.6 Å². The lowest BCUT2D eigenvalue weighted by atomic mass is 10.1. The number of anilines is 1. The van der Waals surface area contributed by atoms with Gasteiger partial charge in [0, 0.05) is 44.0 Å². The summed E-state index contributed by atoms with van der Waals surface area (Å²) in [7, 11) is 2.08. The molecule has 0 bridgehead atoms. The second kappa shape index (κ2) is 13.2. The van der Waals surface area contributed by atoms with E-state index in [0.717, 1.165) is 25.9 Å². The van der Waals surface area contributed by atoms with Crippen molar-refractivity contribution in [3.63, 3.8) is 0 Å². The molecule has 1 aliphatic heterocycles. The molecule has 1 N–H and O–H groups in total. The van der Waals surface area contributed by atoms with Crippen molar-refractivity contribution in [2.24, 2.45) is 5.10 Å². The number of carbonyl (C=O) groups is 1. The molecule has 1 aliphatic rings. The third-order valence-electron chi connectivity index (χ3n) is 7.02. The van der Waals surface area contributed by atoms with Gasteiger partial charge in [0.05, 0.1) is 10.6 Å². The fourth-order valence-electron chi connectivity index (χ4n) is 3.98. The van der Waals surface area contributed by atoms with E-state index in [4.69, 9.17) is 9.47 Å². The van der Waals surface area contributed by atoms with Gasteiger partial charge in [0.1, 0.15) is 17.0 Å². The molecule has 4 rings (SSSR count). The molecule has 1 fully saturated rings. The van der Waals surface area contributed by atoms with Crippen LogP contribution in [0.1, 0.15) is 38.7 Å². The van der Waals surface area contributed by atoms with Crippen molar-refractivity contribution in [1.29, 1.82) is 0 Å². The van der Waals surface area contributed by atoms with Crippen molar-refractivity contribution >= 4 is 48.3 Å². The minimum absolute atomic E-state index is 0.0127. The van der Waals surface area contributed by atoms with Crippen molar-refractivity contribution in [3.05, 3.63) is 42.0 Å². The first-order chi connectivity index (χ1) is 19.5. The molecule has 13 heteroatoms. The number of amides is 1. The summed E-state index contributed by atoms with van der Waals surface area (Å²) >= 11 is 1.25. The molecule has 0 saturated carbocycles. The van der Waals surface area contributed by atoms with Crippen LogP contribution in [0.4, 0.5) is 5.13 Å². The van der Waals surface area contributed by atoms with Gasteiger partial charge in [-0.15, -0.1) is 0 Å². The zero-order valence-electron chi connectivity index (χ0n) is 24.2. The summed E-state index contributed by atoms with van der Waals surface area (Å²) in [5.74, 6) is 0.0413. The van der Waals surface area contributed by atoms with Crippen LogP contribution in [-0.4, -0.2) is 98.7 Å². The predicted molar refractivity (Wildman–Crippen MR) is 162 cm³/mol. The number of fused-ring (bicyclic) bond motifs is 1. The first-order valence-corrected chi connectivity index (χ1v) is 16.0. The number of methoxy groups -OCH3 is 1. The first-order valence-electron chi connectivity index (χ1n) is 13.5. The van der Waals surface area contributed by atoms with Crippen LogP contribution in [-0.2, 0) is 19.4 Å². The summed E-state index contributed by atoms with van der Waals surface area (Å²) in [6, 6.07) is 9.87. The highest BCUT2D eigenvalue weighted by Gasteiger charge is 2.23. The SMILES string of the molecule is COCCCS(=O)(=O)c1ccc(/C(=N\N2CCCC2)C(=O)Nc2nc3ccc(OCC(C)(C)N(C)C)nc3s2)cc1. The number of nitrogens with one attached hydrogen (secondary N) is 1. The van der Waals surface area contributed by atoms with E-state index < -0.39 is 15.7 Å². The normalized spacial score (nSPS) is 14.7. The number of hydrogen-bond donors (Lipinski definition) is 1. The van der Waals surface area contributed by atoms with Crippen molar-refractivity contribution < 1.29 is 22.7 Å². The quantitative estimate of drug-likeness (QED) is 0.230. The Hall–Kier alpha value is -3.13. The molecule has 41 heavy (non-hydrogen) atoms. The number of likely N-dealkylation sites (N-methyl/N-ethyl adjacent to an activating group) is 1. The topological polar surface area (TPSA) is 126 Å². The van der Waals surface area contributed by atoms with E-state index in [1.807, 2.05) is 25.2 Å². The Kier molecular flexibility index (Phi) is 9.95. The average molecular weight is 603 g/mol. The van der Waals surface area contributed by atoms with Crippen LogP contribution >= 0.6 is 11.3 Å². The minimum atomic E-state index is -3.46. The highest BCUT2D eigenvalue weighted by Crippen LogP contribution is 2.27. The van der Waals surface area contributed by atoms with E-state index in [9.17, 15) is 13.2 Å². The van der Waals surface area contributed by atoms with Crippen LogP contribution in [0.5, 0.6) is 5.88 Å². The predicted octanol–water partition coefficient (Wildman–Crippen LogP) is 3.66. The van der Waals surface area contributed by atoms with E-state index in [-0.39, 0.29) is 21.9 Å². The van der Waals surface area contributed by atoms with Gasteiger partial charge in [-0.2, -0.15) is 5.10 Å². The standard InChI is InChI=1S/C28H38N6O5S2/c1-28(2,33(3)4)19-39-23-14-13-22-26(30-23)40-27(29-22)31-25(35)24(32-34-15-6-7-16-34)20-9-11-21(12-10-20)41(36,37)18-8-17-38-5/h9-14H,6-8,15-19H2,1-5H3,(H,29,31,35)/b32-24+. The summed E-state index contributed by atoms with van der Waals surface area (Å²) in [6.45, 7) is 6.51. The molecule has 222 valence electrons. The van der Waals surface area contributed by atoms with Gasteiger partial charge in [-0.25, -0.2) is 18.4 Å². The number of pyridine rings is 1. The summed E-state index contributed by atoms with van der Waals surface area (Å²) < 4.78 is 36.2. The number of nitrogens with zero attached hydrogens (tertiary/aromatic N) is 5. The molecule has 0 aliphatic carbocycles. The Balaban J connectivity index is 1.53. The van der Waals surface area contributed by atoms with Gasteiger partial charge in [-0.1, -0.05) is 23.5 Å². The Labute approximate surface area is 245 Å². The molecule has 0 spiro atoms. The molecular weight excluding hydrogens is 564 g/mol. The van der Waals surface area contributed by atoms with Crippen molar-refractivity contribution in [3.8, 4) is 5.88 Å². The van der Waals surface area contributed by atoms with Gasteiger partial charge < -0.3 is 14.4 Å². The van der Waals surface area contributed by atoms with Crippen molar-refractivity contribution in [1.82, 2.24) is 19.9 Å². The van der Waals surface area contributed by atoms with Gasteiger partial charge in [0.15, 0.2) is 20.7 Å². The van der Waals surface area contributed by atoms with Gasteiger partial charge >= 0.3 is 0 Å². The molecule has 1 amide bonds. The number of ether oxygens (including phenoxy) is 2. The van der Waals surface area contributed by atoms with Gasteiger partial charge in [-0.05, 0) is 65.4 Å². The molecule has 1 aromatic carbocycles. The number of sulfone groups is 1. The monoisotopic (exact) mass is 602 g/mol. The van der Waals surface area contributed by atoms with Crippen LogP contribution in [0.25, 0.3) is 10.3 Å². The molecule has 1 saturated heterocycles. The molecule has 0 atom stereocenters. The highest BCUT2D eigenvalue weighted by atomic mass is 32.2. The molecule has 3 heterocycles. The van der Waals surface area contributed by atoms with Crippen LogP contribution < -0.4 is 10.1 Å². The smallest absolute Gasteiger partial charge is 0.278 e. The Morgan fingerprint density at radius 3 is 2.49 bits per heavy atom. The number of rotatable bonds is 13. The second-order valence-corrected chi connectivity index (χ2v) is 13.8. The number of hydrogen-bond acceptors (Lipinski definition) is 11. The fourth-order valence-corrected chi connectivity index (χ4v) is 6.09. The molecule has 0 unspecified atom stereocenters. The molecule has 11 nitrogen and oxygen atoms in total. The number of benzene rings is 1. The van der Waals surface area contributed by atoms with Crippen LogP contribution in [0.15, 0.2) is 46.4 Å². The fraction of sp³-hybridized carbons (Fsp3) is 0.500. The number of aromatic nitrogens is 2. The Bertz CT molecular complexity index is 1480. The Morgan fingerprint density at radius 1 is 1.12 bits per heavy atom. The lowest BCUT2D eigenvalue weighted by Gasteiger charge is -2.31. The number of thiazole rings is 1. The maximum Gasteiger partial charge on any atom is 0.278 e. The van der Waals surface area contributed by atoms with Crippen molar-refractivity contribution in [2.45, 2.75) is 43.5 Å². The minimum Gasteiger partial charge on any atom is -0.476 e. The van der Waals surface area contributed by atoms with E-state index in [2.05, 4.69) is 39.1 Å². The largest absolute Gasteiger partial charge is 0.476 e. The van der Waals surface area contributed by atoms with E-state index in [1.54, 1.807) is 25.3 Å².